The quantitative estimate of drug-likeness (QED) is 0.168. The van der Waals surface area contributed by atoms with Crippen LogP contribution in [0.2, 0.25) is 25.7 Å². The summed E-state index contributed by atoms with van der Waals surface area (Å²) in [7, 11) is -1.22. The van der Waals surface area contributed by atoms with Crippen LogP contribution in [0.15, 0.2) is 55.8 Å². The number of nitrogens with zero attached hydrogens (tertiary/aromatic N) is 2. The number of alkyl carbamates (subject to hydrolysis) is 1. The lowest BCUT2D eigenvalue weighted by molar-refractivity contribution is 0.0492. The zero-order valence-electron chi connectivity index (χ0n) is 22.8. The number of ether oxygens (including phenoxy) is 3. The molecule has 1 heterocycles. The number of aromatic nitrogens is 2. The van der Waals surface area contributed by atoms with Crippen molar-refractivity contribution >= 4 is 14.2 Å². The van der Waals surface area contributed by atoms with Crippen molar-refractivity contribution in [2.75, 3.05) is 13.2 Å². The predicted molar refractivity (Wildman–Crippen MR) is 149 cm³/mol. The first-order valence-electron chi connectivity index (χ1n) is 12.5. The third kappa shape index (κ3) is 10.0. The zero-order valence-corrected chi connectivity index (χ0v) is 23.8. The largest absolute Gasteiger partial charge is 0.493 e. The SMILES string of the molecule is C=CCCOc1ccccc1-c1cn(COCC[Si](C)(C)C)c(C(CC=C)NC(=O)OC(C)(C)C)n1. The lowest BCUT2D eigenvalue weighted by atomic mass is 10.1. The molecule has 2 aromatic rings. The summed E-state index contributed by atoms with van der Waals surface area (Å²) in [5.41, 5.74) is 1.01. The van der Waals surface area contributed by atoms with Crippen LogP contribution in [0.25, 0.3) is 11.3 Å². The van der Waals surface area contributed by atoms with E-state index in [4.69, 9.17) is 19.2 Å². The van der Waals surface area contributed by atoms with E-state index in [1.165, 1.54) is 0 Å². The zero-order chi connectivity index (χ0) is 26.8. The van der Waals surface area contributed by atoms with Gasteiger partial charge in [0, 0.05) is 26.4 Å². The van der Waals surface area contributed by atoms with Gasteiger partial charge in [0.15, 0.2) is 0 Å². The van der Waals surface area contributed by atoms with Gasteiger partial charge in [-0.1, -0.05) is 43.9 Å². The second-order valence-electron chi connectivity index (χ2n) is 10.9. The van der Waals surface area contributed by atoms with Crippen LogP contribution in [0.1, 0.15) is 45.5 Å². The molecule has 0 aliphatic rings. The standard InChI is InChI=1S/C28H43N3O4Si/c1-9-11-17-34-25-16-13-12-15-22(25)24-20-31(21-33-18-19-36(6,7)8)26(29-24)23(14-10-2)30-27(32)35-28(3,4)5/h9-10,12-13,15-16,20,23H,1-2,11,14,17-19,21H2,3-8H3,(H,30,32). The highest BCUT2D eigenvalue weighted by atomic mass is 28.3. The fourth-order valence-electron chi connectivity index (χ4n) is 3.38. The fraction of sp³-hybridized carbons (Fsp3) is 0.500. The average molecular weight is 514 g/mol. The Morgan fingerprint density at radius 1 is 1.17 bits per heavy atom. The molecule has 7 nitrogen and oxygen atoms in total. The Balaban J connectivity index is 2.39. The highest BCUT2D eigenvalue weighted by Crippen LogP contribution is 2.31. The van der Waals surface area contributed by atoms with E-state index in [0.717, 1.165) is 29.5 Å². The van der Waals surface area contributed by atoms with Crippen molar-refractivity contribution in [1.82, 2.24) is 14.9 Å². The molecule has 198 valence electrons. The Morgan fingerprint density at radius 3 is 2.53 bits per heavy atom. The first kappa shape index (κ1) is 29.4. The number of carbonyl (C=O) groups excluding carboxylic acids is 1. The van der Waals surface area contributed by atoms with Gasteiger partial charge in [-0.2, -0.15) is 0 Å². The molecule has 1 atom stereocenters. The Kier molecular flexibility index (Phi) is 11.0. The molecule has 1 aromatic heterocycles. The third-order valence-corrected chi connectivity index (χ3v) is 6.89. The van der Waals surface area contributed by atoms with Gasteiger partial charge in [-0.05, 0) is 51.8 Å². The number of amides is 1. The van der Waals surface area contributed by atoms with Crippen molar-refractivity contribution in [2.45, 2.75) is 77.7 Å². The smallest absolute Gasteiger partial charge is 0.408 e. The van der Waals surface area contributed by atoms with Gasteiger partial charge in [-0.15, -0.1) is 13.2 Å². The van der Waals surface area contributed by atoms with Gasteiger partial charge in [0.05, 0.1) is 18.3 Å². The molecule has 1 aromatic carbocycles. The summed E-state index contributed by atoms with van der Waals surface area (Å²) in [6, 6.07) is 8.45. The van der Waals surface area contributed by atoms with Gasteiger partial charge in [0.1, 0.15) is 23.9 Å². The highest BCUT2D eigenvalue weighted by Gasteiger charge is 2.25. The predicted octanol–water partition coefficient (Wildman–Crippen LogP) is 6.96. The Labute approximate surface area is 217 Å². The summed E-state index contributed by atoms with van der Waals surface area (Å²) in [6.07, 6.45) is 6.28. The van der Waals surface area contributed by atoms with Gasteiger partial charge < -0.3 is 24.1 Å². The number of hydrogen-bond acceptors (Lipinski definition) is 5. The van der Waals surface area contributed by atoms with Crippen LogP contribution in [-0.4, -0.2) is 42.5 Å². The van der Waals surface area contributed by atoms with Crippen LogP contribution in [-0.2, 0) is 16.2 Å². The van der Waals surface area contributed by atoms with E-state index in [1.807, 2.05) is 61.9 Å². The lowest BCUT2D eigenvalue weighted by Gasteiger charge is -2.23. The van der Waals surface area contributed by atoms with Gasteiger partial charge in [-0.25, -0.2) is 9.78 Å². The maximum absolute atomic E-state index is 12.6. The summed E-state index contributed by atoms with van der Waals surface area (Å²) in [4.78, 5) is 17.6. The third-order valence-electron chi connectivity index (χ3n) is 5.18. The highest BCUT2D eigenvalue weighted by molar-refractivity contribution is 6.76. The molecule has 36 heavy (non-hydrogen) atoms. The molecule has 0 saturated carbocycles. The maximum atomic E-state index is 12.6. The molecule has 0 aliphatic carbocycles. The molecule has 1 amide bonds. The molecular weight excluding hydrogens is 470 g/mol. The summed E-state index contributed by atoms with van der Waals surface area (Å²) in [5, 5.41) is 2.96. The fourth-order valence-corrected chi connectivity index (χ4v) is 4.14. The van der Waals surface area contributed by atoms with Crippen LogP contribution in [0.4, 0.5) is 4.79 Å². The molecule has 0 bridgehead atoms. The molecule has 1 N–H and O–H groups in total. The van der Waals surface area contributed by atoms with Crippen LogP contribution in [0.5, 0.6) is 5.75 Å². The minimum atomic E-state index is -1.22. The summed E-state index contributed by atoms with van der Waals surface area (Å²) < 4.78 is 19.5. The van der Waals surface area contributed by atoms with Gasteiger partial charge >= 0.3 is 6.09 Å². The van der Waals surface area contributed by atoms with Crippen molar-refractivity contribution < 1.29 is 19.0 Å². The molecule has 0 saturated heterocycles. The Morgan fingerprint density at radius 2 is 1.89 bits per heavy atom. The van der Waals surface area contributed by atoms with Gasteiger partial charge in [-0.3, -0.25) is 0 Å². The number of rotatable bonds is 14. The monoisotopic (exact) mass is 513 g/mol. The van der Waals surface area contributed by atoms with E-state index in [1.54, 1.807) is 6.08 Å². The molecule has 1 unspecified atom stereocenters. The molecule has 2 rings (SSSR count). The van der Waals surface area contributed by atoms with Gasteiger partial charge in [0.25, 0.3) is 0 Å². The van der Waals surface area contributed by atoms with Crippen LogP contribution < -0.4 is 10.1 Å². The summed E-state index contributed by atoms with van der Waals surface area (Å²) in [6.45, 7) is 21.7. The van der Waals surface area contributed by atoms with E-state index in [9.17, 15) is 4.79 Å². The molecule has 0 aliphatic heterocycles. The molecule has 0 radical (unpaired) electrons. The van der Waals surface area contributed by atoms with E-state index in [-0.39, 0.29) is 0 Å². The minimum Gasteiger partial charge on any atom is -0.493 e. The van der Waals surface area contributed by atoms with Crippen molar-refractivity contribution in [3.63, 3.8) is 0 Å². The minimum absolute atomic E-state index is 0.329. The van der Waals surface area contributed by atoms with Crippen LogP contribution in [0.3, 0.4) is 0 Å². The van der Waals surface area contributed by atoms with Crippen molar-refractivity contribution in [3.8, 4) is 17.0 Å². The number of para-hydroxylation sites is 1. The number of nitrogens with one attached hydrogen (secondary N) is 1. The van der Waals surface area contributed by atoms with E-state index in [0.29, 0.717) is 32.2 Å². The topological polar surface area (TPSA) is 74.6 Å². The van der Waals surface area contributed by atoms with Crippen molar-refractivity contribution in [2.24, 2.45) is 0 Å². The summed E-state index contributed by atoms with van der Waals surface area (Å²) in [5.74, 6) is 1.42. The number of carbonyl (C=O) groups is 1. The molecule has 8 heteroatoms. The van der Waals surface area contributed by atoms with Crippen LogP contribution >= 0.6 is 0 Å². The molecule has 0 fully saturated rings. The molecule has 0 spiro atoms. The van der Waals surface area contributed by atoms with Crippen molar-refractivity contribution in [3.05, 3.63) is 61.6 Å². The van der Waals surface area contributed by atoms with Crippen molar-refractivity contribution in [1.29, 1.82) is 0 Å². The van der Waals surface area contributed by atoms with E-state index in [2.05, 4.69) is 38.1 Å². The second kappa shape index (κ2) is 13.5. The Bertz CT molecular complexity index is 1000. The van der Waals surface area contributed by atoms with E-state index < -0.39 is 25.8 Å². The summed E-state index contributed by atoms with van der Waals surface area (Å²) >= 11 is 0. The number of hydrogen-bond donors (Lipinski definition) is 1. The van der Waals surface area contributed by atoms with Gasteiger partial charge in [0.2, 0.25) is 0 Å². The van der Waals surface area contributed by atoms with Crippen LogP contribution in [0, 0.1) is 0 Å². The van der Waals surface area contributed by atoms with E-state index >= 15 is 0 Å². The number of benzene rings is 1. The Hall–Kier alpha value is -2.84. The normalized spacial score (nSPS) is 12.6. The first-order valence-corrected chi connectivity index (χ1v) is 16.2. The number of imidazole rings is 1. The average Bonchev–Trinajstić information content (AvgIpc) is 3.19. The maximum Gasteiger partial charge on any atom is 0.408 e. The lowest BCUT2D eigenvalue weighted by Crippen LogP contribution is -2.36. The second-order valence-corrected chi connectivity index (χ2v) is 16.6. The molecular formula is C28H43N3O4Si. The first-order chi connectivity index (χ1) is 16.9.